The summed E-state index contributed by atoms with van der Waals surface area (Å²) in [5, 5.41) is 6.33. The lowest BCUT2D eigenvalue weighted by molar-refractivity contribution is 0.356. The molecule has 1 saturated heterocycles. The highest BCUT2D eigenvalue weighted by Gasteiger charge is 2.25. The van der Waals surface area contributed by atoms with Crippen molar-refractivity contribution >= 4 is 28.5 Å². The van der Waals surface area contributed by atoms with Gasteiger partial charge in [-0.05, 0) is 36.0 Å². The van der Waals surface area contributed by atoms with E-state index >= 15 is 0 Å². The Bertz CT molecular complexity index is 863. The monoisotopic (exact) mass is 355 g/mol. The van der Waals surface area contributed by atoms with Gasteiger partial charge in [0.1, 0.15) is 12.1 Å². The second-order valence-electron chi connectivity index (χ2n) is 7.21. The quantitative estimate of drug-likeness (QED) is 0.712. The molecule has 6 heteroatoms. The lowest BCUT2D eigenvalue weighted by atomic mass is 9.92. The Labute approximate surface area is 152 Å². The molecule has 0 spiro atoms. The topological polar surface area (TPSA) is 46.8 Å². The fourth-order valence-electron chi connectivity index (χ4n) is 3.85. The van der Waals surface area contributed by atoms with Crippen LogP contribution in [0.15, 0.2) is 36.8 Å². The second kappa shape index (κ2) is 6.64. The highest BCUT2D eigenvalue weighted by molar-refractivity contribution is 6.30. The SMILES string of the molecule is C[C@H]1C[C@H](C)CN(c2ncnc3c2cnn3Cc2ccc(Cl)cc2)C1. The molecular formula is C19H22ClN5. The first-order valence-corrected chi connectivity index (χ1v) is 9.14. The van der Waals surface area contributed by atoms with Crippen LogP contribution in [-0.4, -0.2) is 32.8 Å². The van der Waals surface area contributed by atoms with Crippen molar-refractivity contribution in [3.63, 3.8) is 0 Å². The zero-order chi connectivity index (χ0) is 17.4. The van der Waals surface area contributed by atoms with Crippen molar-refractivity contribution in [3.05, 3.63) is 47.4 Å². The Kier molecular flexibility index (Phi) is 4.34. The van der Waals surface area contributed by atoms with E-state index in [4.69, 9.17) is 11.6 Å². The minimum Gasteiger partial charge on any atom is -0.355 e. The van der Waals surface area contributed by atoms with Crippen LogP contribution in [0.25, 0.3) is 11.0 Å². The average molecular weight is 356 g/mol. The first-order chi connectivity index (χ1) is 12.1. The zero-order valence-corrected chi connectivity index (χ0v) is 15.3. The lowest BCUT2D eigenvalue weighted by Gasteiger charge is -2.35. The largest absolute Gasteiger partial charge is 0.355 e. The molecule has 1 fully saturated rings. The maximum atomic E-state index is 5.97. The first-order valence-electron chi connectivity index (χ1n) is 8.76. The molecule has 0 radical (unpaired) electrons. The number of rotatable bonds is 3. The van der Waals surface area contributed by atoms with Crippen LogP contribution in [0.2, 0.25) is 5.02 Å². The Hall–Kier alpha value is -2.14. The van der Waals surface area contributed by atoms with E-state index in [1.807, 2.05) is 35.1 Å². The number of hydrogen-bond donors (Lipinski definition) is 0. The third-order valence-electron chi connectivity index (χ3n) is 4.83. The Balaban J connectivity index is 1.67. The van der Waals surface area contributed by atoms with Gasteiger partial charge in [0.15, 0.2) is 5.65 Å². The number of nitrogens with zero attached hydrogens (tertiary/aromatic N) is 5. The predicted molar refractivity (Wildman–Crippen MR) is 101 cm³/mol. The molecule has 1 aliphatic rings. The van der Waals surface area contributed by atoms with Crippen LogP contribution in [0.4, 0.5) is 5.82 Å². The molecule has 130 valence electrons. The van der Waals surface area contributed by atoms with E-state index < -0.39 is 0 Å². The second-order valence-corrected chi connectivity index (χ2v) is 7.65. The molecule has 0 saturated carbocycles. The van der Waals surface area contributed by atoms with Crippen molar-refractivity contribution in [1.29, 1.82) is 0 Å². The molecule has 3 heterocycles. The minimum absolute atomic E-state index is 0.671. The van der Waals surface area contributed by atoms with Crippen LogP contribution >= 0.6 is 11.6 Å². The third kappa shape index (κ3) is 3.33. The first kappa shape index (κ1) is 16.3. The number of halogens is 1. The summed E-state index contributed by atoms with van der Waals surface area (Å²) in [5.41, 5.74) is 2.03. The van der Waals surface area contributed by atoms with Gasteiger partial charge in [-0.2, -0.15) is 5.10 Å². The van der Waals surface area contributed by atoms with Gasteiger partial charge in [-0.25, -0.2) is 14.6 Å². The highest BCUT2D eigenvalue weighted by Crippen LogP contribution is 2.29. The molecule has 25 heavy (non-hydrogen) atoms. The summed E-state index contributed by atoms with van der Waals surface area (Å²) in [7, 11) is 0. The normalized spacial score (nSPS) is 21.0. The van der Waals surface area contributed by atoms with Gasteiger partial charge in [0, 0.05) is 18.1 Å². The van der Waals surface area contributed by atoms with Crippen molar-refractivity contribution in [2.45, 2.75) is 26.8 Å². The van der Waals surface area contributed by atoms with Crippen molar-refractivity contribution in [1.82, 2.24) is 19.7 Å². The van der Waals surface area contributed by atoms with Gasteiger partial charge in [-0.15, -0.1) is 0 Å². The summed E-state index contributed by atoms with van der Waals surface area (Å²) in [6.07, 6.45) is 4.83. The van der Waals surface area contributed by atoms with Crippen LogP contribution in [0.3, 0.4) is 0 Å². The molecule has 4 rings (SSSR count). The predicted octanol–water partition coefficient (Wildman–Crippen LogP) is 4.01. The van der Waals surface area contributed by atoms with E-state index in [1.165, 1.54) is 6.42 Å². The molecule has 2 atom stereocenters. The van der Waals surface area contributed by atoms with E-state index in [0.717, 1.165) is 40.5 Å². The summed E-state index contributed by atoms with van der Waals surface area (Å²) in [4.78, 5) is 11.4. The van der Waals surface area contributed by atoms with Crippen molar-refractivity contribution < 1.29 is 0 Å². The van der Waals surface area contributed by atoms with Gasteiger partial charge < -0.3 is 4.90 Å². The van der Waals surface area contributed by atoms with Crippen molar-refractivity contribution in [2.24, 2.45) is 11.8 Å². The van der Waals surface area contributed by atoms with Crippen LogP contribution in [-0.2, 0) is 6.54 Å². The zero-order valence-electron chi connectivity index (χ0n) is 14.6. The maximum Gasteiger partial charge on any atom is 0.163 e. The van der Waals surface area contributed by atoms with Gasteiger partial charge in [0.05, 0.1) is 18.1 Å². The van der Waals surface area contributed by atoms with Crippen LogP contribution in [0.5, 0.6) is 0 Å². The standard InChI is InChI=1S/C19H22ClN5/c1-13-7-14(2)10-24(9-13)18-17-8-23-25(19(17)22-12-21-18)11-15-3-5-16(20)6-4-15/h3-6,8,12-14H,7,9-11H2,1-2H3/t13-,14-/m0/s1. The maximum absolute atomic E-state index is 5.97. The summed E-state index contributed by atoms with van der Waals surface area (Å²) < 4.78 is 1.93. The van der Waals surface area contributed by atoms with Crippen LogP contribution < -0.4 is 4.90 Å². The number of aromatic nitrogens is 4. The lowest BCUT2D eigenvalue weighted by Crippen LogP contribution is -2.39. The van der Waals surface area contributed by atoms with E-state index in [1.54, 1.807) is 6.33 Å². The number of benzene rings is 1. The Morgan fingerprint density at radius 2 is 1.80 bits per heavy atom. The number of anilines is 1. The molecular weight excluding hydrogens is 334 g/mol. The fraction of sp³-hybridized carbons (Fsp3) is 0.421. The molecule has 1 aliphatic heterocycles. The van der Waals surface area contributed by atoms with Gasteiger partial charge in [0.25, 0.3) is 0 Å². The average Bonchev–Trinajstić information content (AvgIpc) is 2.99. The van der Waals surface area contributed by atoms with E-state index in [9.17, 15) is 0 Å². The number of hydrogen-bond acceptors (Lipinski definition) is 4. The Morgan fingerprint density at radius 3 is 2.52 bits per heavy atom. The number of piperidine rings is 1. The summed E-state index contributed by atoms with van der Waals surface area (Å²) in [6.45, 7) is 7.37. The Morgan fingerprint density at radius 1 is 1.08 bits per heavy atom. The smallest absolute Gasteiger partial charge is 0.163 e. The third-order valence-corrected chi connectivity index (χ3v) is 5.08. The molecule has 0 amide bonds. The van der Waals surface area contributed by atoms with Crippen LogP contribution in [0.1, 0.15) is 25.8 Å². The molecule has 0 N–H and O–H groups in total. The highest BCUT2D eigenvalue weighted by atomic mass is 35.5. The molecule has 0 bridgehead atoms. The van der Waals surface area contributed by atoms with Gasteiger partial charge in [-0.1, -0.05) is 37.6 Å². The van der Waals surface area contributed by atoms with Gasteiger partial charge in [0.2, 0.25) is 0 Å². The van der Waals surface area contributed by atoms with E-state index in [2.05, 4.69) is 33.8 Å². The molecule has 3 aromatic rings. The fourth-order valence-corrected chi connectivity index (χ4v) is 3.97. The molecule has 0 aliphatic carbocycles. The van der Waals surface area contributed by atoms with Crippen molar-refractivity contribution in [2.75, 3.05) is 18.0 Å². The molecule has 2 aromatic heterocycles. The molecule has 0 unspecified atom stereocenters. The molecule has 5 nitrogen and oxygen atoms in total. The minimum atomic E-state index is 0.671. The summed E-state index contributed by atoms with van der Waals surface area (Å²) in [6, 6.07) is 7.84. The van der Waals surface area contributed by atoms with E-state index in [0.29, 0.717) is 18.4 Å². The van der Waals surface area contributed by atoms with Crippen molar-refractivity contribution in [3.8, 4) is 0 Å². The summed E-state index contributed by atoms with van der Waals surface area (Å²) in [5.74, 6) is 2.36. The number of fused-ring (bicyclic) bond motifs is 1. The summed E-state index contributed by atoms with van der Waals surface area (Å²) >= 11 is 5.97. The van der Waals surface area contributed by atoms with E-state index in [-0.39, 0.29) is 0 Å². The van der Waals surface area contributed by atoms with Crippen LogP contribution in [0, 0.1) is 11.8 Å². The van der Waals surface area contributed by atoms with Gasteiger partial charge >= 0.3 is 0 Å². The molecule has 1 aromatic carbocycles. The van der Waals surface area contributed by atoms with Gasteiger partial charge in [-0.3, -0.25) is 0 Å².